The van der Waals surface area contributed by atoms with E-state index in [4.69, 9.17) is 9.84 Å². The van der Waals surface area contributed by atoms with Crippen molar-refractivity contribution in [2.75, 3.05) is 25.6 Å². The number of carbonyl (C=O) groups excluding carboxylic acids is 2. The molecule has 2 N–H and O–H groups in total. The molecule has 1 aliphatic rings. The summed E-state index contributed by atoms with van der Waals surface area (Å²) < 4.78 is 44.1. The molecule has 24 heavy (non-hydrogen) atoms. The fraction of sp³-hybridized carbons (Fsp3) is 0.286. The number of aliphatic hydroxyl groups is 1. The molecule has 6 nitrogen and oxygen atoms in total. The lowest BCUT2D eigenvalue weighted by Crippen LogP contribution is -2.34. The Labute approximate surface area is 143 Å². The number of alkyl halides is 3. The van der Waals surface area contributed by atoms with Gasteiger partial charge in [0.05, 0.1) is 24.7 Å². The summed E-state index contributed by atoms with van der Waals surface area (Å²) in [5, 5.41) is 11.3. The molecule has 10 heteroatoms. The van der Waals surface area contributed by atoms with Crippen LogP contribution in [0.4, 0.5) is 18.9 Å². The van der Waals surface area contributed by atoms with E-state index in [-0.39, 0.29) is 22.4 Å². The van der Waals surface area contributed by atoms with Gasteiger partial charge >= 0.3 is 6.18 Å². The number of anilines is 1. The average Bonchev–Trinajstić information content (AvgIpc) is 2.74. The maximum Gasteiger partial charge on any atom is 0.420 e. The number of halogens is 4. The molecule has 1 heterocycles. The first kappa shape index (κ1) is 18.3. The van der Waals surface area contributed by atoms with Gasteiger partial charge in [0, 0.05) is 11.8 Å². The van der Waals surface area contributed by atoms with Gasteiger partial charge in [0.25, 0.3) is 11.8 Å². The number of carbonyl (C=O) groups is 2. The number of rotatable bonds is 5. The first-order valence-corrected chi connectivity index (χ1v) is 7.38. The van der Waals surface area contributed by atoms with Crippen molar-refractivity contribution in [3.8, 4) is 5.75 Å². The Morgan fingerprint density at radius 2 is 2.00 bits per heavy atom. The summed E-state index contributed by atoms with van der Waals surface area (Å²) in [5.74, 6) is -1.77. The lowest BCUT2D eigenvalue weighted by molar-refractivity contribution is -0.139. The molecule has 0 saturated carbocycles. The summed E-state index contributed by atoms with van der Waals surface area (Å²) in [6.07, 6.45) is -3.71. The molecule has 0 aliphatic carbocycles. The lowest BCUT2D eigenvalue weighted by Gasteiger charge is -2.17. The highest BCUT2D eigenvalue weighted by atomic mass is 79.9. The van der Waals surface area contributed by atoms with Gasteiger partial charge < -0.3 is 15.2 Å². The Bertz CT molecular complexity index is 719. The number of methoxy groups -OCH3 is 1. The molecule has 0 bridgehead atoms. The van der Waals surface area contributed by atoms with E-state index in [0.29, 0.717) is 0 Å². The molecule has 0 atom stereocenters. The molecule has 1 aliphatic heterocycles. The topological polar surface area (TPSA) is 78.9 Å². The summed E-state index contributed by atoms with van der Waals surface area (Å²) >= 11 is 2.98. The highest BCUT2D eigenvalue weighted by molar-refractivity contribution is 9.10. The normalized spacial score (nSPS) is 14.9. The minimum Gasteiger partial charge on any atom is -0.495 e. The third-order valence-corrected chi connectivity index (χ3v) is 3.75. The number of benzene rings is 1. The summed E-state index contributed by atoms with van der Waals surface area (Å²) in [6.45, 7) is -0.607. The van der Waals surface area contributed by atoms with Crippen molar-refractivity contribution in [2.45, 2.75) is 6.18 Å². The van der Waals surface area contributed by atoms with Crippen molar-refractivity contribution in [1.82, 2.24) is 4.90 Å². The number of nitrogens with zero attached hydrogens (tertiary/aromatic N) is 1. The number of imide groups is 1. The van der Waals surface area contributed by atoms with Crippen molar-refractivity contribution in [2.24, 2.45) is 0 Å². The zero-order chi connectivity index (χ0) is 18.1. The van der Waals surface area contributed by atoms with E-state index < -0.39 is 35.9 Å². The fourth-order valence-electron chi connectivity index (χ4n) is 2.15. The summed E-state index contributed by atoms with van der Waals surface area (Å²) in [6, 6.07) is 2.07. The second-order valence-corrected chi connectivity index (χ2v) is 5.59. The van der Waals surface area contributed by atoms with Gasteiger partial charge in [-0.1, -0.05) is 0 Å². The smallest absolute Gasteiger partial charge is 0.420 e. The average molecular weight is 409 g/mol. The first-order chi connectivity index (χ1) is 11.2. The molecular weight excluding hydrogens is 397 g/mol. The monoisotopic (exact) mass is 408 g/mol. The molecule has 0 aromatic heterocycles. The molecule has 130 valence electrons. The Morgan fingerprint density at radius 3 is 2.54 bits per heavy atom. The van der Waals surface area contributed by atoms with Gasteiger partial charge in [0.15, 0.2) is 0 Å². The predicted octanol–water partition coefficient (Wildman–Crippen LogP) is 2.13. The number of hydrogen-bond donors (Lipinski definition) is 2. The number of nitrogens with one attached hydrogen (secondary N) is 1. The number of β-amino-alcohol motifs (C(OH)–C–C–N with tert-alkyl or cyclic N) is 1. The minimum absolute atomic E-state index is 0.0342. The Balaban J connectivity index is 2.35. The summed E-state index contributed by atoms with van der Waals surface area (Å²) in [4.78, 5) is 24.4. The predicted molar refractivity (Wildman–Crippen MR) is 81.2 cm³/mol. The van der Waals surface area contributed by atoms with Crippen LogP contribution < -0.4 is 10.1 Å². The third kappa shape index (κ3) is 3.54. The van der Waals surface area contributed by atoms with Gasteiger partial charge in [-0.25, -0.2) is 0 Å². The quantitative estimate of drug-likeness (QED) is 0.729. The minimum atomic E-state index is -4.67. The molecule has 1 aromatic rings. The molecule has 0 unspecified atom stereocenters. The van der Waals surface area contributed by atoms with Gasteiger partial charge in [0.1, 0.15) is 17.0 Å². The number of hydrogen-bond acceptors (Lipinski definition) is 5. The SMILES string of the molecule is COc1c(Br)cc(NC2=CC(=O)N(CCO)C2=O)cc1C(F)(F)F. The van der Waals surface area contributed by atoms with Crippen LogP contribution in [0, 0.1) is 0 Å². The van der Waals surface area contributed by atoms with E-state index in [0.717, 1.165) is 24.2 Å². The highest BCUT2D eigenvalue weighted by Crippen LogP contribution is 2.42. The van der Waals surface area contributed by atoms with E-state index in [1.54, 1.807) is 0 Å². The van der Waals surface area contributed by atoms with Crippen LogP contribution in [0.1, 0.15) is 5.56 Å². The van der Waals surface area contributed by atoms with Gasteiger partial charge in [0.2, 0.25) is 0 Å². The molecule has 0 fully saturated rings. The van der Waals surface area contributed by atoms with E-state index >= 15 is 0 Å². The standard InChI is InChI=1S/C14H12BrF3N2O4/c1-24-12-8(14(16,17)18)4-7(5-9(12)15)19-10-6-11(22)20(2-3-21)13(10)23/h4-6,19,21H,2-3H2,1H3. The maximum absolute atomic E-state index is 13.1. The lowest BCUT2D eigenvalue weighted by atomic mass is 10.1. The fourth-order valence-corrected chi connectivity index (χ4v) is 2.77. The zero-order valence-electron chi connectivity index (χ0n) is 12.3. The second kappa shape index (κ2) is 6.81. The van der Waals surface area contributed by atoms with Crippen LogP contribution >= 0.6 is 15.9 Å². The van der Waals surface area contributed by atoms with E-state index in [1.165, 1.54) is 6.07 Å². The molecule has 0 spiro atoms. The summed E-state index contributed by atoms with van der Waals surface area (Å²) in [7, 11) is 1.11. The highest BCUT2D eigenvalue weighted by Gasteiger charge is 2.36. The maximum atomic E-state index is 13.1. The van der Waals surface area contributed by atoms with E-state index in [9.17, 15) is 22.8 Å². The van der Waals surface area contributed by atoms with Crippen LogP contribution in [0.2, 0.25) is 0 Å². The van der Waals surface area contributed by atoms with Gasteiger partial charge in [-0.05, 0) is 28.1 Å². The van der Waals surface area contributed by atoms with Crippen molar-refractivity contribution in [3.63, 3.8) is 0 Å². The van der Waals surface area contributed by atoms with Crippen LogP contribution in [0.3, 0.4) is 0 Å². The second-order valence-electron chi connectivity index (χ2n) is 4.74. The summed E-state index contributed by atoms with van der Waals surface area (Å²) in [5.41, 5.74) is -1.27. The molecule has 0 saturated heterocycles. The molecule has 2 rings (SSSR count). The number of ether oxygens (including phenoxy) is 1. The van der Waals surface area contributed by atoms with Gasteiger partial charge in [-0.3, -0.25) is 14.5 Å². The van der Waals surface area contributed by atoms with Crippen LogP contribution in [-0.4, -0.2) is 42.1 Å². The van der Waals surface area contributed by atoms with Crippen LogP contribution in [0.5, 0.6) is 5.75 Å². The molecule has 1 aromatic carbocycles. The van der Waals surface area contributed by atoms with E-state index in [2.05, 4.69) is 21.2 Å². The number of aliphatic hydroxyl groups excluding tert-OH is 1. The van der Waals surface area contributed by atoms with Crippen molar-refractivity contribution in [3.05, 3.63) is 33.9 Å². The van der Waals surface area contributed by atoms with Crippen LogP contribution in [0.15, 0.2) is 28.4 Å². The van der Waals surface area contributed by atoms with Gasteiger partial charge in [-0.15, -0.1) is 0 Å². The third-order valence-electron chi connectivity index (χ3n) is 3.17. The molecule has 0 radical (unpaired) electrons. The largest absolute Gasteiger partial charge is 0.495 e. The molecular formula is C14H12BrF3N2O4. The first-order valence-electron chi connectivity index (χ1n) is 6.59. The van der Waals surface area contributed by atoms with Crippen molar-refractivity contribution >= 4 is 33.4 Å². The van der Waals surface area contributed by atoms with E-state index in [1.807, 2.05) is 0 Å². The zero-order valence-corrected chi connectivity index (χ0v) is 13.9. The Morgan fingerprint density at radius 1 is 1.33 bits per heavy atom. The Hall–Kier alpha value is -2.07. The van der Waals surface area contributed by atoms with Crippen molar-refractivity contribution < 1.29 is 32.6 Å². The van der Waals surface area contributed by atoms with Crippen LogP contribution in [0.25, 0.3) is 0 Å². The van der Waals surface area contributed by atoms with Crippen molar-refractivity contribution in [1.29, 1.82) is 0 Å². The van der Waals surface area contributed by atoms with Gasteiger partial charge in [-0.2, -0.15) is 13.2 Å². The Kier molecular flexibility index (Phi) is 5.19. The number of amides is 2. The molecule has 2 amide bonds. The van der Waals surface area contributed by atoms with Crippen LogP contribution in [-0.2, 0) is 15.8 Å².